The average molecular weight is 450 g/mol. The molecule has 0 bridgehead atoms. The van der Waals surface area contributed by atoms with Gasteiger partial charge >= 0.3 is 5.97 Å². The zero-order valence-electron chi connectivity index (χ0n) is 15.3. The molecule has 3 aromatic rings. The van der Waals surface area contributed by atoms with Gasteiger partial charge in [-0.1, -0.05) is 12.1 Å². The maximum Gasteiger partial charge on any atom is 0.340 e. The monoisotopic (exact) mass is 449 g/mol. The van der Waals surface area contributed by atoms with E-state index in [1.807, 2.05) is 41.9 Å². The van der Waals surface area contributed by atoms with Crippen molar-refractivity contribution >= 4 is 44.6 Å². The first kappa shape index (κ1) is 19.6. The van der Waals surface area contributed by atoms with Crippen molar-refractivity contribution in [3.63, 3.8) is 0 Å². The van der Waals surface area contributed by atoms with E-state index in [4.69, 9.17) is 9.47 Å². The van der Waals surface area contributed by atoms with Gasteiger partial charge in [0.05, 0.1) is 29.3 Å². The van der Waals surface area contributed by atoms with E-state index in [1.165, 1.54) is 0 Å². The molecule has 7 heteroatoms. The van der Waals surface area contributed by atoms with Gasteiger partial charge in [0.2, 0.25) is 0 Å². The molecule has 0 radical (unpaired) electrons. The SMILES string of the molecule is CCOC(=O)c1c(CSc2ccccc2OC)n(C)c2cc(Br)c(O)cc12. The Bertz CT molecular complexity index is 999. The highest BCUT2D eigenvalue weighted by Gasteiger charge is 2.23. The lowest BCUT2D eigenvalue weighted by atomic mass is 10.1. The van der Waals surface area contributed by atoms with Gasteiger partial charge in [-0.25, -0.2) is 4.79 Å². The van der Waals surface area contributed by atoms with Gasteiger partial charge in [-0.3, -0.25) is 0 Å². The number of ether oxygens (including phenoxy) is 2. The third-order valence-electron chi connectivity index (χ3n) is 4.30. The van der Waals surface area contributed by atoms with Crippen molar-refractivity contribution in [1.82, 2.24) is 4.57 Å². The number of para-hydroxylation sites is 1. The molecule has 0 aliphatic rings. The lowest BCUT2D eigenvalue weighted by Crippen LogP contribution is -2.08. The Morgan fingerprint density at radius 2 is 2.04 bits per heavy atom. The number of hydrogen-bond donors (Lipinski definition) is 1. The van der Waals surface area contributed by atoms with Gasteiger partial charge in [-0.2, -0.15) is 0 Å². The van der Waals surface area contributed by atoms with Crippen LogP contribution in [0.15, 0.2) is 45.8 Å². The van der Waals surface area contributed by atoms with E-state index in [9.17, 15) is 9.90 Å². The second kappa shape index (κ2) is 8.27. The summed E-state index contributed by atoms with van der Waals surface area (Å²) in [4.78, 5) is 13.7. The predicted molar refractivity (Wildman–Crippen MR) is 111 cm³/mol. The fourth-order valence-electron chi connectivity index (χ4n) is 2.98. The number of halogens is 1. The summed E-state index contributed by atoms with van der Waals surface area (Å²) in [5.41, 5.74) is 2.16. The Morgan fingerprint density at radius 3 is 2.74 bits per heavy atom. The molecule has 0 unspecified atom stereocenters. The molecule has 1 aromatic heterocycles. The molecule has 0 aliphatic carbocycles. The first-order valence-corrected chi connectivity index (χ1v) is 10.2. The van der Waals surface area contributed by atoms with Crippen molar-refractivity contribution < 1.29 is 19.4 Å². The van der Waals surface area contributed by atoms with Crippen LogP contribution in [0.1, 0.15) is 23.0 Å². The number of aryl methyl sites for hydroxylation is 1. The summed E-state index contributed by atoms with van der Waals surface area (Å²) in [5, 5.41) is 10.8. The van der Waals surface area contributed by atoms with E-state index < -0.39 is 0 Å². The van der Waals surface area contributed by atoms with E-state index in [0.717, 1.165) is 21.9 Å². The molecule has 0 atom stereocenters. The van der Waals surface area contributed by atoms with Crippen LogP contribution in [0.5, 0.6) is 11.5 Å². The first-order chi connectivity index (χ1) is 13.0. The minimum atomic E-state index is -0.388. The van der Waals surface area contributed by atoms with Crippen LogP contribution >= 0.6 is 27.7 Å². The largest absolute Gasteiger partial charge is 0.507 e. The van der Waals surface area contributed by atoms with Crippen molar-refractivity contribution in [2.24, 2.45) is 7.05 Å². The molecule has 5 nitrogen and oxygen atoms in total. The van der Waals surface area contributed by atoms with Crippen LogP contribution in [0.3, 0.4) is 0 Å². The maximum absolute atomic E-state index is 12.7. The van der Waals surface area contributed by atoms with Gasteiger partial charge in [0.1, 0.15) is 11.5 Å². The van der Waals surface area contributed by atoms with Crippen molar-refractivity contribution in [3.8, 4) is 11.5 Å². The molecule has 27 heavy (non-hydrogen) atoms. The molecule has 0 aliphatic heterocycles. The van der Waals surface area contributed by atoms with Crippen molar-refractivity contribution in [1.29, 1.82) is 0 Å². The summed E-state index contributed by atoms with van der Waals surface area (Å²) in [6.45, 7) is 2.07. The number of aromatic hydroxyl groups is 1. The van der Waals surface area contributed by atoms with E-state index in [1.54, 1.807) is 31.9 Å². The van der Waals surface area contributed by atoms with Gasteiger partial charge in [-0.05, 0) is 47.1 Å². The Balaban J connectivity index is 2.09. The normalized spacial score (nSPS) is 11.0. The van der Waals surface area contributed by atoms with Gasteiger partial charge in [0.15, 0.2) is 0 Å². The topological polar surface area (TPSA) is 60.7 Å². The van der Waals surface area contributed by atoms with E-state index in [-0.39, 0.29) is 18.3 Å². The number of carbonyl (C=O) groups excluding carboxylic acids is 1. The van der Waals surface area contributed by atoms with Gasteiger partial charge in [0, 0.05) is 28.8 Å². The summed E-state index contributed by atoms with van der Waals surface area (Å²) < 4.78 is 13.2. The minimum absolute atomic E-state index is 0.0857. The Kier molecular flexibility index (Phi) is 6.01. The molecule has 0 saturated heterocycles. The molecule has 3 rings (SSSR count). The summed E-state index contributed by atoms with van der Waals surface area (Å²) >= 11 is 4.93. The van der Waals surface area contributed by atoms with Gasteiger partial charge in [-0.15, -0.1) is 11.8 Å². The lowest BCUT2D eigenvalue weighted by Gasteiger charge is -2.10. The number of nitrogens with zero attached hydrogens (tertiary/aromatic N) is 1. The van der Waals surface area contributed by atoms with Crippen molar-refractivity contribution in [2.75, 3.05) is 13.7 Å². The van der Waals surface area contributed by atoms with Crippen LogP contribution in [0.25, 0.3) is 10.9 Å². The maximum atomic E-state index is 12.7. The van der Waals surface area contributed by atoms with Crippen LogP contribution < -0.4 is 4.74 Å². The zero-order chi connectivity index (χ0) is 19.6. The third kappa shape index (κ3) is 3.80. The number of phenolic OH excluding ortho intramolecular Hbond substituents is 1. The van der Waals surface area contributed by atoms with E-state index >= 15 is 0 Å². The third-order valence-corrected chi connectivity index (χ3v) is 6.00. The molecule has 0 saturated carbocycles. The molecule has 0 amide bonds. The smallest absolute Gasteiger partial charge is 0.340 e. The Morgan fingerprint density at radius 1 is 1.30 bits per heavy atom. The molecule has 1 N–H and O–H groups in total. The number of carbonyl (C=O) groups is 1. The van der Waals surface area contributed by atoms with Crippen molar-refractivity contribution in [2.45, 2.75) is 17.6 Å². The van der Waals surface area contributed by atoms with Crippen LogP contribution in [0.4, 0.5) is 0 Å². The van der Waals surface area contributed by atoms with Crippen LogP contribution in [-0.4, -0.2) is 29.4 Å². The highest BCUT2D eigenvalue weighted by molar-refractivity contribution is 9.10. The second-order valence-electron chi connectivity index (χ2n) is 5.86. The number of methoxy groups -OCH3 is 1. The van der Waals surface area contributed by atoms with E-state index in [2.05, 4.69) is 15.9 Å². The van der Waals surface area contributed by atoms with Crippen LogP contribution in [0, 0.1) is 0 Å². The lowest BCUT2D eigenvalue weighted by molar-refractivity contribution is 0.0527. The fraction of sp³-hybridized carbons (Fsp3) is 0.250. The first-order valence-electron chi connectivity index (χ1n) is 8.40. The molecule has 0 fully saturated rings. The number of hydrogen-bond acceptors (Lipinski definition) is 5. The van der Waals surface area contributed by atoms with Crippen LogP contribution in [0.2, 0.25) is 0 Å². The number of fused-ring (bicyclic) bond motifs is 1. The number of rotatable bonds is 6. The number of aromatic nitrogens is 1. The molecule has 142 valence electrons. The van der Waals surface area contributed by atoms with Crippen LogP contribution in [-0.2, 0) is 17.5 Å². The van der Waals surface area contributed by atoms with Gasteiger partial charge < -0.3 is 19.1 Å². The zero-order valence-corrected chi connectivity index (χ0v) is 17.7. The molecule has 1 heterocycles. The molecular weight excluding hydrogens is 430 g/mol. The Labute approximate surface area is 170 Å². The van der Waals surface area contributed by atoms with E-state index in [0.29, 0.717) is 21.2 Å². The predicted octanol–water partition coefficient (Wildman–Crippen LogP) is 5.12. The molecule has 0 spiro atoms. The van der Waals surface area contributed by atoms with Gasteiger partial charge in [0.25, 0.3) is 0 Å². The minimum Gasteiger partial charge on any atom is -0.507 e. The average Bonchev–Trinajstić information content (AvgIpc) is 2.92. The summed E-state index contributed by atoms with van der Waals surface area (Å²) in [5.74, 6) is 1.04. The van der Waals surface area contributed by atoms with Crippen molar-refractivity contribution in [3.05, 3.63) is 52.1 Å². The fourth-order valence-corrected chi connectivity index (χ4v) is 4.41. The summed E-state index contributed by atoms with van der Waals surface area (Å²) in [6.07, 6.45) is 0. The Hall–Kier alpha value is -2.12. The summed E-state index contributed by atoms with van der Waals surface area (Å²) in [7, 11) is 3.55. The molecule has 2 aromatic carbocycles. The summed E-state index contributed by atoms with van der Waals surface area (Å²) in [6, 6.07) is 11.2. The number of benzene rings is 2. The standard InChI is InChI=1S/C20H20BrNO4S/c1-4-26-20(24)19-12-9-16(23)13(21)10-14(12)22(2)15(19)11-27-18-8-6-5-7-17(18)25-3/h5-10,23H,4,11H2,1-3H3. The number of thioether (sulfide) groups is 1. The molecular formula is C20H20BrNO4S. The highest BCUT2D eigenvalue weighted by atomic mass is 79.9. The highest BCUT2D eigenvalue weighted by Crippen LogP contribution is 2.38. The number of phenols is 1. The quantitative estimate of drug-likeness (QED) is 0.417. The second-order valence-corrected chi connectivity index (χ2v) is 7.73. The number of esters is 1.